The van der Waals surface area contributed by atoms with Gasteiger partial charge in [-0.05, 0) is 32.9 Å². The predicted molar refractivity (Wildman–Crippen MR) is 96.0 cm³/mol. The van der Waals surface area contributed by atoms with Gasteiger partial charge in [-0.1, -0.05) is 17.7 Å². The maximum absolute atomic E-state index is 5.56. The molecule has 0 saturated heterocycles. The Balaban J connectivity index is 1.91. The van der Waals surface area contributed by atoms with Crippen molar-refractivity contribution < 1.29 is 9.15 Å². The number of ether oxygens (including phenoxy) is 1. The lowest BCUT2D eigenvalue weighted by Gasteiger charge is -2.24. The molecule has 0 amide bonds. The molecule has 0 radical (unpaired) electrons. The number of nitrogens with zero attached hydrogens (tertiary/aromatic N) is 2. The second kappa shape index (κ2) is 7.97. The average molecular weight is 330 g/mol. The number of nitrogens with one attached hydrogen (secondary N) is 2. The summed E-state index contributed by atoms with van der Waals surface area (Å²) in [4.78, 5) is 8.70. The number of aromatic nitrogens is 1. The molecule has 2 N–H and O–H groups in total. The van der Waals surface area contributed by atoms with Crippen LogP contribution in [0.4, 0.5) is 0 Å². The molecule has 24 heavy (non-hydrogen) atoms. The summed E-state index contributed by atoms with van der Waals surface area (Å²) in [5.41, 5.74) is 2.74. The van der Waals surface area contributed by atoms with E-state index >= 15 is 0 Å². The molecular formula is C18H26N4O2. The van der Waals surface area contributed by atoms with Gasteiger partial charge in [-0.2, -0.15) is 0 Å². The molecule has 2 aromatic rings. The van der Waals surface area contributed by atoms with Crippen molar-refractivity contribution in [2.45, 2.75) is 32.9 Å². The summed E-state index contributed by atoms with van der Waals surface area (Å²) in [5.74, 6) is 1.32. The fourth-order valence-electron chi connectivity index (χ4n) is 1.98. The molecule has 0 aliphatic rings. The minimum Gasteiger partial charge on any atom is -0.444 e. The molecule has 1 aromatic carbocycles. The summed E-state index contributed by atoms with van der Waals surface area (Å²) in [6.45, 7) is 7.26. The third-order valence-corrected chi connectivity index (χ3v) is 3.74. The first kappa shape index (κ1) is 18.0. The van der Waals surface area contributed by atoms with Crippen LogP contribution in [0.25, 0.3) is 11.5 Å². The van der Waals surface area contributed by atoms with E-state index in [-0.39, 0.29) is 5.60 Å². The first-order valence-electron chi connectivity index (χ1n) is 7.94. The Morgan fingerprint density at radius 1 is 1.25 bits per heavy atom. The van der Waals surface area contributed by atoms with Crippen LogP contribution in [0, 0.1) is 6.92 Å². The van der Waals surface area contributed by atoms with Crippen LogP contribution >= 0.6 is 0 Å². The summed E-state index contributed by atoms with van der Waals surface area (Å²) in [5, 5.41) is 6.45. The van der Waals surface area contributed by atoms with Crippen molar-refractivity contribution in [1.82, 2.24) is 15.6 Å². The van der Waals surface area contributed by atoms with Crippen molar-refractivity contribution in [1.29, 1.82) is 0 Å². The summed E-state index contributed by atoms with van der Waals surface area (Å²) < 4.78 is 10.9. The molecular weight excluding hydrogens is 304 g/mol. The lowest BCUT2D eigenvalue weighted by Crippen LogP contribution is -2.45. The Labute approximate surface area is 143 Å². The Bertz CT molecular complexity index is 675. The van der Waals surface area contributed by atoms with Crippen LogP contribution in [-0.2, 0) is 11.3 Å². The predicted octanol–water partition coefficient (Wildman–Crippen LogP) is 2.74. The van der Waals surface area contributed by atoms with Crippen LogP contribution in [-0.4, -0.2) is 37.2 Å². The largest absolute Gasteiger partial charge is 0.444 e. The standard InChI is InChI=1S/C18H26N4O2/c1-13-6-8-14(9-7-13)16-22-15(11-24-16)10-20-17(19-4)21-12-18(2,3)23-5/h6-9,11H,10,12H2,1-5H3,(H2,19,20,21). The monoisotopic (exact) mass is 330 g/mol. The molecule has 0 atom stereocenters. The van der Waals surface area contributed by atoms with Crippen molar-refractivity contribution in [2.75, 3.05) is 20.7 Å². The van der Waals surface area contributed by atoms with Crippen molar-refractivity contribution in [2.24, 2.45) is 4.99 Å². The molecule has 0 spiro atoms. The molecule has 0 aliphatic heterocycles. The topological polar surface area (TPSA) is 71.7 Å². The maximum Gasteiger partial charge on any atom is 0.226 e. The molecule has 0 unspecified atom stereocenters. The van der Waals surface area contributed by atoms with Crippen molar-refractivity contribution in [3.8, 4) is 11.5 Å². The van der Waals surface area contributed by atoms with E-state index in [0.717, 1.165) is 11.3 Å². The van der Waals surface area contributed by atoms with Crippen LogP contribution < -0.4 is 10.6 Å². The van der Waals surface area contributed by atoms with E-state index in [4.69, 9.17) is 9.15 Å². The first-order chi connectivity index (χ1) is 11.4. The lowest BCUT2D eigenvalue weighted by atomic mass is 10.1. The highest BCUT2D eigenvalue weighted by atomic mass is 16.5. The minimum absolute atomic E-state index is 0.260. The number of aryl methyl sites for hydroxylation is 1. The van der Waals surface area contributed by atoms with Gasteiger partial charge in [0.1, 0.15) is 6.26 Å². The highest BCUT2D eigenvalue weighted by Gasteiger charge is 2.16. The maximum atomic E-state index is 5.56. The van der Waals surface area contributed by atoms with E-state index in [0.29, 0.717) is 24.9 Å². The zero-order valence-corrected chi connectivity index (χ0v) is 15.0. The zero-order valence-electron chi connectivity index (χ0n) is 15.0. The fraction of sp³-hybridized carbons (Fsp3) is 0.444. The second-order valence-corrected chi connectivity index (χ2v) is 6.25. The summed E-state index contributed by atoms with van der Waals surface area (Å²) in [6.07, 6.45) is 1.66. The van der Waals surface area contributed by atoms with Crippen LogP contribution in [0.5, 0.6) is 0 Å². The van der Waals surface area contributed by atoms with E-state index in [1.165, 1.54) is 5.56 Å². The molecule has 0 bridgehead atoms. The van der Waals surface area contributed by atoms with Crippen LogP contribution in [0.2, 0.25) is 0 Å². The van der Waals surface area contributed by atoms with E-state index in [9.17, 15) is 0 Å². The van der Waals surface area contributed by atoms with Gasteiger partial charge in [0.15, 0.2) is 5.96 Å². The lowest BCUT2D eigenvalue weighted by molar-refractivity contribution is 0.0268. The average Bonchev–Trinajstić information content (AvgIpc) is 3.04. The summed E-state index contributed by atoms with van der Waals surface area (Å²) in [6, 6.07) is 8.10. The number of hydrogen-bond acceptors (Lipinski definition) is 4. The normalized spacial score (nSPS) is 12.3. The van der Waals surface area contributed by atoms with Crippen LogP contribution in [0.1, 0.15) is 25.1 Å². The van der Waals surface area contributed by atoms with Crippen LogP contribution in [0.15, 0.2) is 39.9 Å². The number of aliphatic imine (C=N–C) groups is 1. The molecule has 6 nitrogen and oxygen atoms in total. The molecule has 1 aromatic heterocycles. The van der Waals surface area contributed by atoms with Crippen molar-refractivity contribution in [3.63, 3.8) is 0 Å². The Kier molecular flexibility index (Phi) is 5.98. The quantitative estimate of drug-likeness (QED) is 0.629. The van der Waals surface area contributed by atoms with Gasteiger partial charge in [0, 0.05) is 26.3 Å². The number of rotatable bonds is 6. The molecule has 0 fully saturated rings. The van der Waals surface area contributed by atoms with Gasteiger partial charge in [0.25, 0.3) is 0 Å². The number of oxazole rings is 1. The minimum atomic E-state index is -0.260. The molecule has 130 valence electrons. The first-order valence-corrected chi connectivity index (χ1v) is 7.94. The summed E-state index contributed by atoms with van der Waals surface area (Å²) in [7, 11) is 3.43. The van der Waals surface area contributed by atoms with Gasteiger partial charge in [-0.15, -0.1) is 0 Å². The molecule has 0 saturated carbocycles. The van der Waals surface area contributed by atoms with Gasteiger partial charge in [0.2, 0.25) is 5.89 Å². The van der Waals surface area contributed by atoms with E-state index in [1.807, 2.05) is 38.1 Å². The Morgan fingerprint density at radius 2 is 1.96 bits per heavy atom. The molecule has 0 aliphatic carbocycles. The van der Waals surface area contributed by atoms with E-state index in [1.54, 1.807) is 20.4 Å². The SMILES string of the molecule is CN=C(NCc1coc(-c2ccc(C)cc2)n1)NCC(C)(C)OC. The zero-order chi connectivity index (χ0) is 17.6. The van der Waals surface area contributed by atoms with Gasteiger partial charge in [-0.3, -0.25) is 4.99 Å². The van der Waals surface area contributed by atoms with Gasteiger partial charge >= 0.3 is 0 Å². The number of guanidine groups is 1. The Morgan fingerprint density at radius 3 is 2.58 bits per heavy atom. The number of methoxy groups -OCH3 is 1. The molecule has 1 heterocycles. The third kappa shape index (κ3) is 5.09. The van der Waals surface area contributed by atoms with E-state index < -0.39 is 0 Å². The molecule has 6 heteroatoms. The fourth-order valence-corrected chi connectivity index (χ4v) is 1.98. The Hall–Kier alpha value is -2.34. The number of benzene rings is 1. The highest BCUT2D eigenvalue weighted by molar-refractivity contribution is 5.79. The number of hydrogen-bond donors (Lipinski definition) is 2. The van der Waals surface area contributed by atoms with E-state index in [2.05, 4.69) is 27.5 Å². The van der Waals surface area contributed by atoms with Gasteiger partial charge in [-0.25, -0.2) is 4.98 Å². The van der Waals surface area contributed by atoms with Crippen molar-refractivity contribution in [3.05, 3.63) is 41.8 Å². The highest BCUT2D eigenvalue weighted by Crippen LogP contribution is 2.18. The van der Waals surface area contributed by atoms with Crippen LogP contribution in [0.3, 0.4) is 0 Å². The molecule has 2 rings (SSSR count). The smallest absolute Gasteiger partial charge is 0.226 e. The summed E-state index contributed by atoms with van der Waals surface area (Å²) >= 11 is 0. The van der Waals surface area contributed by atoms with Gasteiger partial charge in [0.05, 0.1) is 17.8 Å². The van der Waals surface area contributed by atoms with Crippen molar-refractivity contribution >= 4 is 5.96 Å². The third-order valence-electron chi connectivity index (χ3n) is 3.74. The van der Waals surface area contributed by atoms with Gasteiger partial charge < -0.3 is 19.8 Å². The second-order valence-electron chi connectivity index (χ2n) is 6.25.